The van der Waals surface area contributed by atoms with Crippen molar-refractivity contribution in [1.29, 1.82) is 0 Å². The second kappa shape index (κ2) is 5.73. The fourth-order valence-corrected chi connectivity index (χ4v) is 3.44. The maximum Gasteiger partial charge on any atom is 0.261 e. The van der Waals surface area contributed by atoms with Crippen molar-refractivity contribution in [2.75, 3.05) is 12.4 Å². The van der Waals surface area contributed by atoms with Crippen LogP contribution in [0.1, 0.15) is 33.8 Å². The molecule has 0 fully saturated rings. The molecule has 2 N–H and O–H groups in total. The lowest BCUT2D eigenvalue weighted by Gasteiger charge is -2.06. The molecule has 5 nitrogen and oxygen atoms in total. The molecule has 0 bridgehead atoms. The Balaban J connectivity index is 1.81. The van der Waals surface area contributed by atoms with E-state index in [1.807, 2.05) is 0 Å². The van der Waals surface area contributed by atoms with Crippen molar-refractivity contribution in [3.63, 3.8) is 0 Å². The minimum atomic E-state index is -0.377. The number of thiazole rings is 1. The smallest absolute Gasteiger partial charge is 0.261 e. The highest BCUT2D eigenvalue weighted by Gasteiger charge is 2.18. The first-order valence-electron chi connectivity index (χ1n) is 6.84. The molecule has 1 aliphatic rings. The standard InChI is InChI=1S/C15H16N2O3S/c1-20-9-6-7-12(18)10(8-9)14(19)17-15-16-11-4-2-3-5-13(11)21-15/h6-8,18H,2-5H2,1H3,(H,16,17,19). The van der Waals surface area contributed by atoms with Gasteiger partial charge in [0, 0.05) is 4.88 Å². The highest BCUT2D eigenvalue weighted by Crippen LogP contribution is 2.30. The molecule has 1 amide bonds. The van der Waals surface area contributed by atoms with Crippen LogP contribution in [0.4, 0.5) is 5.13 Å². The molecule has 1 aromatic heterocycles. The van der Waals surface area contributed by atoms with Gasteiger partial charge in [0.2, 0.25) is 0 Å². The summed E-state index contributed by atoms with van der Waals surface area (Å²) in [6.45, 7) is 0. The van der Waals surface area contributed by atoms with Crippen molar-refractivity contribution in [1.82, 2.24) is 4.98 Å². The van der Waals surface area contributed by atoms with Gasteiger partial charge in [-0.3, -0.25) is 10.1 Å². The van der Waals surface area contributed by atoms with Gasteiger partial charge in [-0.25, -0.2) is 4.98 Å². The molecule has 110 valence electrons. The van der Waals surface area contributed by atoms with Crippen LogP contribution < -0.4 is 10.1 Å². The van der Waals surface area contributed by atoms with Crippen LogP contribution in [0.25, 0.3) is 0 Å². The molecular formula is C15H16N2O3S. The molecule has 6 heteroatoms. The summed E-state index contributed by atoms with van der Waals surface area (Å²) in [4.78, 5) is 18.0. The first kappa shape index (κ1) is 13.9. The van der Waals surface area contributed by atoms with Crippen LogP contribution in [0.5, 0.6) is 11.5 Å². The number of anilines is 1. The number of nitrogens with one attached hydrogen (secondary N) is 1. The Morgan fingerprint density at radius 2 is 2.19 bits per heavy atom. The van der Waals surface area contributed by atoms with Crippen LogP contribution >= 0.6 is 11.3 Å². The summed E-state index contributed by atoms with van der Waals surface area (Å²) < 4.78 is 5.07. The molecule has 3 rings (SSSR count). The zero-order valence-electron chi connectivity index (χ0n) is 11.7. The van der Waals surface area contributed by atoms with Gasteiger partial charge in [-0.2, -0.15) is 0 Å². The van der Waals surface area contributed by atoms with Crippen LogP contribution in [0.15, 0.2) is 18.2 Å². The normalized spacial score (nSPS) is 13.6. The number of aryl methyl sites for hydroxylation is 2. The summed E-state index contributed by atoms with van der Waals surface area (Å²) in [6, 6.07) is 4.56. The summed E-state index contributed by atoms with van der Waals surface area (Å²) in [6.07, 6.45) is 4.35. The molecule has 0 unspecified atom stereocenters. The highest BCUT2D eigenvalue weighted by atomic mass is 32.1. The first-order valence-corrected chi connectivity index (χ1v) is 7.66. The maximum atomic E-state index is 12.3. The van der Waals surface area contributed by atoms with Crippen molar-refractivity contribution in [3.8, 4) is 11.5 Å². The van der Waals surface area contributed by atoms with Crippen LogP contribution in [-0.2, 0) is 12.8 Å². The predicted molar refractivity (Wildman–Crippen MR) is 81.4 cm³/mol. The van der Waals surface area contributed by atoms with Crippen molar-refractivity contribution in [2.45, 2.75) is 25.7 Å². The lowest BCUT2D eigenvalue weighted by atomic mass is 10.0. The van der Waals surface area contributed by atoms with E-state index < -0.39 is 0 Å². The zero-order valence-corrected chi connectivity index (χ0v) is 12.5. The Kier molecular flexibility index (Phi) is 3.79. The molecule has 0 aliphatic heterocycles. The largest absolute Gasteiger partial charge is 0.507 e. The number of methoxy groups -OCH3 is 1. The number of benzene rings is 1. The van der Waals surface area contributed by atoms with Gasteiger partial charge < -0.3 is 9.84 Å². The molecule has 2 aromatic rings. The molecule has 0 spiro atoms. The summed E-state index contributed by atoms with van der Waals surface area (Å²) in [5.41, 5.74) is 1.28. The van der Waals surface area contributed by atoms with E-state index in [4.69, 9.17) is 4.74 Å². The Morgan fingerprint density at radius 3 is 2.95 bits per heavy atom. The van der Waals surface area contributed by atoms with E-state index in [-0.39, 0.29) is 17.2 Å². The van der Waals surface area contributed by atoms with Crippen molar-refractivity contribution < 1.29 is 14.6 Å². The van der Waals surface area contributed by atoms with E-state index >= 15 is 0 Å². The lowest BCUT2D eigenvalue weighted by Crippen LogP contribution is -2.12. The van der Waals surface area contributed by atoms with Gasteiger partial charge in [-0.1, -0.05) is 0 Å². The minimum absolute atomic E-state index is 0.0744. The van der Waals surface area contributed by atoms with Crippen LogP contribution in [0.2, 0.25) is 0 Å². The highest BCUT2D eigenvalue weighted by molar-refractivity contribution is 7.15. The minimum Gasteiger partial charge on any atom is -0.507 e. The van der Waals surface area contributed by atoms with E-state index in [2.05, 4.69) is 10.3 Å². The SMILES string of the molecule is COc1ccc(O)c(C(=O)Nc2nc3c(s2)CCCC3)c1. The third kappa shape index (κ3) is 2.85. The van der Waals surface area contributed by atoms with Gasteiger partial charge in [0.25, 0.3) is 5.91 Å². The number of phenolic OH excluding ortho intramolecular Hbond substituents is 1. The number of hydrogen-bond acceptors (Lipinski definition) is 5. The fraction of sp³-hybridized carbons (Fsp3) is 0.333. The third-order valence-electron chi connectivity index (χ3n) is 3.51. The molecule has 1 aliphatic carbocycles. The predicted octanol–water partition coefficient (Wildman–Crippen LogP) is 2.99. The summed E-state index contributed by atoms with van der Waals surface area (Å²) in [7, 11) is 1.52. The topological polar surface area (TPSA) is 71.5 Å². The number of fused-ring (bicyclic) bond motifs is 1. The molecule has 0 saturated heterocycles. The number of aromatic hydroxyl groups is 1. The number of ether oxygens (including phenoxy) is 1. The lowest BCUT2D eigenvalue weighted by molar-refractivity contribution is 0.102. The van der Waals surface area contributed by atoms with Gasteiger partial charge in [0.15, 0.2) is 5.13 Å². The molecule has 1 heterocycles. The second-order valence-corrected chi connectivity index (χ2v) is 6.02. The van der Waals surface area contributed by atoms with Crippen molar-refractivity contribution >= 4 is 22.4 Å². The van der Waals surface area contributed by atoms with Crippen molar-refractivity contribution in [3.05, 3.63) is 34.3 Å². The fourth-order valence-electron chi connectivity index (χ4n) is 2.39. The molecule has 1 aromatic carbocycles. The molecule has 21 heavy (non-hydrogen) atoms. The van der Waals surface area contributed by atoms with E-state index in [1.54, 1.807) is 6.07 Å². The number of aromatic nitrogens is 1. The van der Waals surface area contributed by atoms with Gasteiger partial charge in [0.1, 0.15) is 11.5 Å². The Morgan fingerprint density at radius 1 is 1.38 bits per heavy atom. The Bertz CT molecular complexity index is 658. The Labute approximate surface area is 126 Å². The first-order chi connectivity index (χ1) is 10.2. The maximum absolute atomic E-state index is 12.3. The number of carbonyl (C=O) groups excluding carboxylic acids is 1. The van der Waals surface area contributed by atoms with Crippen LogP contribution in [0, 0.1) is 0 Å². The van der Waals surface area contributed by atoms with E-state index in [0.717, 1.165) is 25.0 Å². The van der Waals surface area contributed by atoms with Gasteiger partial charge >= 0.3 is 0 Å². The second-order valence-electron chi connectivity index (χ2n) is 4.93. The average molecular weight is 304 g/mol. The van der Waals surface area contributed by atoms with E-state index in [9.17, 15) is 9.90 Å². The summed E-state index contributed by atoms with van der Waals surface area (Å²) in [5.74, 6) is 0.0727. The Hall–Kier alpha value is -2.08. The van der Waals surface area contributed by atoms with Crippen LogP contribution in [-0.4, -0.2) is 23.1 Å². The number of amides is 1. The molecular weight excluding hydrogens is 288 g/mol. The summed E-state index contributed by atoms with van der Waals surface area (Å²) in [5, 5.41) is 13.2. The van der Waals surface area contributed by atoms with E-state index in [0.29, 0.717) is 10.9 Å². The molecule has 0 saturated carbocycles. The molecule has 0 atom stereocenters. The third-order valence-corrected chi connectivity index (χ3v) is 4.59. The quantitative estimate of drug-likeness (QED) is 0.914. The monoisotopic (exact) mass is 304 g/mol. The van der Waals surface area contributed by atoms with Gasteiger partial charge in [0.05, 0.1) is 18.4 Å². The van der Waals surface area contributed by atoms with Gasteiger partial charge in [-0.05, 0) is 43.9 Å². The van der Waals surface area contributed by atoms with E-state index in [1.165, 1.54) is 41.9 Å². The number of phenols is 1. The van der Waals surface area contributed by atoms with Crippen molar-refractivity contribution in [2.24, 2.45) is 0 Å². The van der Waals surface area contributed by atoms with Crippen LogP contribution in [0.3, 0.4) is 0 Å². The zero-order chi connectivity index (χ0) is 14.8. The number of hydrogen-bond donors (Lipinski definition) is 2. The number of nitrogens with zero attached hydrogens (tertiary/aromatic N) is 1. The molecule has 0 radical (unpaired) electrons. The van der Waals surface area contributed by atoms with Gasteiger partial charge in [-0.15, -0.1) is 11.3 Å². The number of carbonyl (C=O) groups is 1. The summed E-state index contributed by atoms with van der Waals surface area (Å²) >= 11 is 1.52. The average Bonchev–Trinajstić information content (AvgIpc) is 2.89. The number of rotatable bonds is 3.